The van der Waals surface area contributed by atoms with E-state index in [2.05, 4.69) is 5.32 Å². The van der Waals surface area contributed by atoms with Gasteiger partial charge in [-0.3, -0.25) is 13.9 Å². The van der Waals surface area contributed by atoms with Gasteiger partial charge in [-0.1, -0.05) is 102 Å². The van der Waals surface area contributed by atoms with Gasteiger partial charge in [0, 0.05) is 40.1 Å². The lowest BCUT2D eigenvalue weighted by atomic mass is 10.0. The fourth-order valence-electron chi connectivity index (χ4n) is 4.76. The molecule has 1 N–H and O–H groups in total. The zero-order chi connectivity index (χ0) is 32.6. The summed E-state index contributed by atoms with van der Waals surface area (Å²) in [4.78, 5) is 29.6. The van der Waals surface area contributed by atoms with Crippen LogP contribution in [0.4, 0.5) is 5.69 Å². The lowest BCUT2D eigenvalue weighted by Gasteiger charge is -2.34. The maximum atomic E-state index is 14.5. The van der Waals surface area contributed by atoms with Crippen molar-refractivity contribution in [3.05, 3.63) is 129 Å². The van der Waals surface area contributed by atoms with Crippen molar-refractivity contribution in [2.75, 3.05) is 17.4 Å². The SMILES string of the molecule is CCCNC(=O)[C@@H](Cc1ccccc1)N(Cc1c(Cl)cccc1Cl)C(=O)CN(c1ccc(C)c(Cl)c1)S(=O)(=O)c1ccccc1. The van der Waals surface area contributed by atoms with Crippen LogP contribution >= 0.6 is 34.8 Å². The first-order valence-electron chi connectivity index (χ1n) is 14.4. The second-order valence-corrected chi connectivity index (χ2v) is 13.6. The van der Waals surface area contributed by atoms with E-state index in [1.165, 1.54) is 23.1 Å². The molecule has 0 aromatic heterocycles. The van der Waals surface area contributed by atoms with Crippen molar-refractivity contribution in [2.45, 2.75) is 44.2 Å². The van der Waals surface area contributed by atoms with Gasteiger partial charge in [-0.25, -0.2) is 8.42 Å². The molecule has 4 aromatic rings. The molecule has 0 spiro atoms. The Balaban J connectivity index is 1.84. The van der Waals surface area contributed by atoms with E-state index < -0.39 is 28.5 Å². The third-order valence-electron chi connectivity index (χ3n) is 7.26. The van der Waals surface area contributed by atoms with Gasteiger partial charge < -0.3 is 10.2 Å². The third kappa shape index (κ3) is 8.58. The maximum Gasteiger partial charge on any atom is 0.264 e. The molecular formula is C34H34Cl3N3O4S. The fourth-order valence-corrected chi connectivity index (χ4v) is 6.88. The second kappa shape index (κ2) is 15.6. The number of halogens is 3. The Morgan fingerprint density at radius 1 is 0.822 bits per heavy atom. The first kappa shape index (κ1) is 34.3. The predicted octanol–water partition coefficient (Wildman–Crippen LogP) is 7.32. The minimum Gasteiger partial charge on any atom is -0.354 e. The molecule has 0 fully saturated rings. The molecule has 4 rings (SSSR count). The largest absolute Gasteiger partial charge is 0.354 e. The molecule has 11 heteroatoms. The van der Waals surface area contributed by atoms with Crippen LogP contribution in [0.15, 0.2) is 102 Å². The Bertz CT molecular complexity index is 1720. The van der Waals surface area contributed by atoms with E-state index in [9.17, 15) is 18.0 Å². The van der Waals surface area contributed by atoms with E-state index >= 15 is 0 Å². The van der Waals surface area contributed by atoms with Crippen molar-refractivity contribution in [1.82, 2.24) is 10.2 Å². The molecule has 45 heavy (non-hydrogen) atoms. The van der Waals surface area contributed by atoms with Crippen molar-refractivity contribution >= 4 is 62.3 Å². The molecule has 0 saturated heterocycles. The van der Waals surface area contributed by atoms with Crippen molar-refractivity contribution in [2.24, 2.45) is 0 Å². The lowest BCUT2D eigenvalue weighted by molar-refractivity contribution is -0.140. The van der Waals surface area contributed by atoms with E-state index in [4.69, 9.17) is 34.8 Å². The Kier molecular flexibility index (Phi) is 11.9. The monoisotopic (exact) mass is 685 g/mol. The average Bonchev–Trinajstić information content (AvgIpc) is 3.03. The van der Waals surface area contributed by atoms with Crippen LogP contribution in [-0.4, -0.2) is 44.3 Å². The summed E-state index contributed by atoms with van der Waals surface area (Å²) in [5, 5.41) is 3.87. The van der Waals surface area contributed by atoms with Gasteiger partial charge in [0.25, 0.3) is 10.0 Å². The Morgan fingerprint density at radius 2 is 1.44 bits per heavy atom. The predicted molar refractivity (Wildman–Crippen MR) is 181 cm³/mol. The first-order chi connectivity index (χ1) is 21.5. The van der Waals surface area contributed by atoms with Gasteiger partial charge in [0.15, 0.2) is 0 Å². The van der Waals surface area contributed by atoms with Crippen molar-refractivity contribution in [3.8, 4) is 0 Å². The minimum atomic E-state index is -4.25. The van der Waals surface area contributed by atoms with Gasteiger partial charge >= 0.3 is 0 Å². The first-order valence-corrected chi connectivity index (χ1v) is 17.0. The molecule has 7 nitrogen and oxygen atoms in total. The minimum absolute atomic E-state index is 0.00304. The van der Waals surface area contributed by atoms with Gasteiger partial charge in [-0.2, -0.15) is 0 Å². The number of hydrogen-bond donors (Lipinski definition) is 1. The molecule has 0 heterocycles. The van der Waals surface area contributed by atoms with E-state index in [-0.39, 0.29) is 29.5 Å². The highest BCUT2D eigenvalue weighted by molar-refractivity contribution is 7.92. The summed E-state index contributed by atoms with van der Waals surface area (Å²) in [5.41, 5.74) is 2.20. The summed E-state index contributed by atoms with van der Waals surface area (Å²) in [6, 6.07) is 25.9. The van der Waals surface area contributed by atoms with E-state index in [0.29, 0.717) is 33.6 Å². The molecule has 4 aromatic carbocycles. The number of nitrogens with zero attached hydrogens (tertiary/aromatic N) is 2. The summed E-state index contributed by atoms with van der Waals surface area (Å²) in [7, 11) is -4.25. The quantitative estimate of drug-likeness (QED) is 0.160. The van der Waals surface area contributed by atoms with Crippen LogP contribution in [0.3, 0.4) is 0 Å². The molecule has 0 aliphatic heterocycles. The number of aryl methyl sites for hydroxylation is 1. The summed E-state index contributed by atoms with van der Waals surface area (Å²) < 4.78 is 29.2. The molecule has 2 amide bonds. The highest BCUT2D eigenvalue weighted by atomic mass is 35.5. The third-order valence-corrected chi connectivity index (χ3v) is 10.2. The molecule has 0 saturated carbocycles. The van der Waals surface area contributed by atoms with Crippen LogP contribution in [0.2, 0.25) is 15.1 Å². The lowest BCUT2D eigenvalue weighted by Crippen LogP contribution is -2.53. The number of benzene rings is 4. The van der Waals surface area contributed by atoms with Crippen LogP contribution < -0.4 is 9.62 Å². The number of carbonyl (C=O) groups excluding carboxylic acids is 2. The van der Waals surface area contributed by atoms with Gasteiger partial charge in [-0.05, 0) is 60.9 Å². The topological polar surface area (TPSA) is 86.8 Å². The second-order valence-electron chi connectivity index (χ2n) is 10.5. The van der Waals surface area contributed by atoms with Gasteiger partial charge in [0.2, 0.25) is 11.8 Å². The highest BCUT2D eigenvalue weighted by Gasteiger charge is 2.35. The van der Waals surface area contributed by atoms with Gasteiger partial charge in [-0.15, -0.1) is 0 Å². The number of nitrogens with one attached hydrogen (secondary N) is 1. The van der Waals surface area contributed by atoms with Crippen molar-refractivity contribution in [1.29, 1.82) is 0 Å². The van der Waals surface area contributed by atoms with Gasteiger partial charge in [0.05, 0.1) is 10.6 Å². The number of hydrogen-bond acceptors (Lipinski definition) is 4. The Hall–Kier alpha value is -3.56. The van der Waals surface area contributed by atoms with Crippen LogP contribution in [0.25, 0.3) is 0 Å². The van der Waals surface area contributed by atoms with Crippen LogP contribution in [0.5, 0.6) is 0 Å². The summed E-state index contributed by atoms with van der Waals surface area (Å²) in [5.74, 6) is -1.01. The molecule has 0 bridgehead atoms. The standard InChI is InChI=1S/C34H34Cl3N3O4S/c1-3-19-38-34(42)32(20-25-11-6-4-7-12-25)39(22-28-29(35)15-10-16-30(28)36)33(41)23-40(26-18-17-24(2)31(37)21-26)45(43,44)27-13-8-5-9-14-27/h4-18,21,32H,3,19-20,22-23H2,1-2H3,(H,38,42)/t32-/m1/s1. The number of sulfonamides is 1. The zero-order valence-corrected chi connectivity index (χ0v) is 28.0. The Morgan fingerprint density at radius 3 is 2.04 bits per heavy atom. The average molecular weight is 687 g/mol. The number of rotatable bonds is 13. The van der Waals surface area contributed by atoms with Gasteiger partial charge in [0.1, 0.15) is 12.6 Å². The van der Waals surface area contributed by atoms with Crippen molar-refractivity contribution < 1.29 is 18.0 Å². The summed E-state index contributed by atoms with van der Waals surface area (Å²) in [6.07, 6.45) is 0.858. The number of amides is 2. The van der Waals surface area contributed by atoms with E-state index in [0.717, 1.165) is 15.4 Å². The number of anilines is 1. The molecule has 236 valence electrons. The van der Waals surface area contributed by atoms with E-state index in [1.807, 2.05) is 37.3 Å². The molecular weight excluding hydrogens is 653 g/mol. The smallest absolute Gasteiger partial charge is 0.264 e. The summed E-state index contributed by atoms with van der Waals surface area (Å²) in [6.45, 7) is 3.37. The van der Waals surface area contributed by atoms with Crippen LogP contribution in [-0.2, 0) is 32.6 Å². The van der Waals surface area contributed by atoms with Crippen LogP contribution in [0.1, 0.15) is 30.0 Å². The number of carbonyl (C=O) groups is 2. The normalized spacial score (nSPS) is 11.9. The molecule has 0 aliphatic carbocycles. The maximum absolute atomic E-state index is 14.5. The van der Waals surface area contributed by atoms with Crippen LogP contribution in [0, 0.1) is 6.92 Å². The van der Waals surface area contributed by atoms with Crippen molar-refractivity contribution in [3.63, 3.8) is 0 Å². The fraction of sp³-hybridized carbons (Fsp3) is 0.235. The Labute approximate surface area is 279 Å². The molecule has 0 unspecified atom stereocenters. The summed E-state index contributed by atoms with van der Waals surface area (Å²) >= 11 is 19.5. The zero-order valence-electron chi connectivity index (χ0n) is 24.9. The highest BCUT2D eigenvalue weighted by Crippen LogP contribution is 2.30. The van der Waals surface area contributed by atoms with E-state index in [1.54, 1.807) is 55.5 Å². The molecule has 1 atom stereocenters. The molecule has 0 aliphatic rings. The molecule has 0 radical (unpaired) electrons.